The number of ketones is 1. The number of likely N-dealkylation sites (N-methyl/N-ethyl adjacent to an activating group) is 1. The SMILES string of the molecule is CCN1CCc2ccc(C(C)=O)cc2CC1. The Morgan fingerprint density at radius 3 is 2.56 bits per heavy atom. The quantitative estimate of drug-likeness (QED) is 0.708. The highest BCUT2D eigenvalue weighted by Crippen LogP contribution is 2.18. The van der Waals surface area contributed by atoms with E-state index in [2.05, 4.69) is 24.0 Å². The number of carbonyl (C=O) groups is 1. The first kappa shape index (κ1) is 11.3. The van der Waals surface area contributed by atoms with Crippen molar-refractivity contribution >= 4 is 5.78 Å². The molecule has 1 aliphatic rings. The summed E-state index contributed by atoms with van der Waals surface area (Å²) in [5.41, 5.74) is 3.63. The zero-order chi connectivity index (χ0) is 11.5. The van der Waals surface area contributed by atoms with E-state index < -0.39 is 0 Å². The van der Waals surface area contributed by atoms with Gasteiger partial charge in [0.1, 0.15) is 0 Å². The molecule has 0 amide bonds. The molecule has 0 radical (unpaired) electrons. The van der Waals surface area contributed by atoms with E-state index in [1.165, 1.54) is 11.1 Å². The largest absolute Gasteiger partial charge is 0.303 e. The third-order valence-electron chi connectivity index (χ3n) is 3.45. The van der Waals surface area contributed by atoms with E-state index in [9.17, 15) is 4.79 Å². The standard InChI is InChI=1S/C14H19NO/c1-3-15-8-6-12-4-5-13(11(2)16)10-14(12)7-9-15/h4-5,10H,3,6-9H2,1-2H3. The molecule has 2 nitrogen and oxygen atoms in total. The van der Waals surface area contributed by atoms with Gasteiger partial charge in [0.05, 0.1) is 0 Å². The van der Waals surface area contributed by atoms with Crippen molar-refractivity contribution < 1.29 is 4.79 Å². The molecular formula is C14H19NO. The van der Waals surface area contributed by atoms with E-state index >= 15 is 0 Å². The zero-order valence-corrected chi connectivity index (χ0v) is 10.1. The molecule has 2 heteroatoms. The Bertz CT molecular complexity index is 398. The monoisotopic (exact) mass is 217 g/mol. The van der Waals surface area contributed by atoms with Crippen LogP contribution in [0.1, 0.15) is 35.3 Å². The molecule has 86 valence electrons. The van der Waals surface area contributed by atoms with Crippen molar-refractivity contribution in [3.8, 4) is 0 Å². The van der Waals surface area contributed by atoms with Gasteiger partial charge in [-0.2, -0.15) is 0 Å². The van der Waals surface area contributed by atoms with Crippen LogP contribution in [0.2, 0.25) is 0 Å². The lowest BCUT2D eigenvalue weighted by molar-refractivity contribution is 0.101. The maximum atomic E-state index is 11.3. The van der Waals surface area contributed by atoms with E-state index in [1.807, 2.05) is 6.07 Å². The lowest BCUT2D eigenvalue weighted by atomic mass is 9.99. The van der Waals surface area contributed by atoms with Crippen LogP contribution in [0.5, 0.6) is 0 Å². The van der Waals surface area contributed by atoms with Gasteiger partial charge in [0, 0.05) is 18.7 Å². The molecule has 0 atom stereocenters. The fourth-order valence-electron chi connectivity index (χ4n) is 2.31. The van der Waals surface area contributed by atoms with Gasteiger partial charge in [-0.05, 0) is 43.5 Å². The molecule has 0 N–H and O–H groups in total. The Kier molecular flexibility index (Phi) is 3.39. The minimum Gasteiger partial charge on any atom is -0.303 e. The normalized spacial score (nSPS) is 16.6. The Labute approximate surface area is 97.3 Å². The highest BCUT2D eigenvalue weighted by molar-refractivity contribution is 5.94. The van der Waals surface area contributed by atoms with Gasteiger partial charge in [0.25, 0.3) is 0 Å². The van der Waals surface area contributed by atoms with E-state index in [0.29, 0.717) is 0 Å². The minimum absolute atomic E-state index is 0.166. The average molecular weight is 217 g/mol. The van der Waals surface area contributed by atoms with Crippen LogP contribution in [0.3, 0.4) is 0 Å². The zero-order valence-electron chi connectivity index (χ0n) is 10.1. The maximum absolute atomic E-state index is 11.3. The first-order chi connectivity index (χ1) is 7.70. The van der Waals surface area contributed by atoms with Crippen molar-refractivity contribution in [3.05, 3.63) is 34.9 Å². The third kappa shape index (κ3) is 2.33. The van der Waals surface area contributed by atoms with Crippen molar-refractivity contribution in [1.82, 2.24) is 4.90 Å². The van der Waals surface area contributed by atoms with Crippen molar-refractivity contribution in [1.29, 1.82) is 0 Å². The summed E-state index contributed by atoms with van der Waals surface area (Å²) in [5.74, 6) is 0.166. The molecular weight excluding hydrogens is 198 g/mol. The highest BCUT2D eigenvalue weighted by atomic mass is 16.1. The summed E-state index contributed by atoms with van der Waals surface area (Å²) < 4.78 is 0. The molecule has 0 saturated carbocycles. The number of carbonyl (C=O) groups excluding carboxylic acids is 1. The van der Waals surface area contributed by atoms with Crippen molar-refractivity contribution in [2.75, 3.05) is 19.6 Å². The molecule has 0 saturated heterocycles. The molecule has 0 fully saturated rings. The number of nitrogens with zero attached hydrogens (tertiary/aromatic N) is 1. The van der Waals surface area contributed by atoms with Crippen LogP contribution in [-0.4, -0.2) is 30.3 Å². The summed E-state index contributed by atoms with van der Waals surface area (Å²) in [5, 5.41) is 0. The van der Waals surface area contributed by atoms with Crippen LogP contribution in [0, 0.1) is 0 Å². The van der Waals surface area contributed by atoms with Crippen LogP contribution in [0.15, 0.2) is 18.2 Å². The molecule has 0 aromatic heterocycles. The number of Topliss-reactive ketones (excluding diaryl/α,β-unsaturated/α-hetero) is 1. The second-order valence-corrected chi connectivity index (χ2v) is 4.47. The first-order valence-electron chi connectivity index (χ1n) is 6.06. The van der Waals surface area contributed by atoms with Gasteiger partial charge in [-0.1, -0.05) is 19.1 Å². The summed E-state index contributed by atoms with van der Waals surface area (Å²) in [6, 6.07) is 6.17. The number of rotatable bonds is 2. The second-order valence-electron chi connectivity index (χ2n) is 4.47. The molecule has 0 unspecified atom stereocenters. The van der Waals surface area contributed by atoms with Crippen LogP contribution in [0.25, 0.3) is 0 Å². The summed E-state index contributed by atoms with van der Waals surface area (Å²) in [7, 11) is 0. The fraction of sp³-hybridized carbons (Fsp3) is 0.500. The van der Waals surface area contributed by atoms with Crippen LogP contribution < -0.4 is 0 Å². The van der Waals surface area contributed by atoms with Crippen LogP contribution >= 0.6 is 0 Å². The summed E-state index contributed by atoms with van der Waals surface area (Å²) in [4.78, 5) is 13.8. The van der Waals surface area contributed by atoms with Crippen molar-refractivity contribution in [2.24, 2.45) is 0 Å². The summed E-state index contributed by atoms with van der Waals surface area (Å²) in [6.07, 6.45) is 2.19. The average Bonchev–Trinajstić information content (AvgIpc) is 2.50. The molecule has 2 rings (SSSR count). The number of hydrogen-bond acceptors (Lipinski definition) is 2. The second kappa shape index (κ2) is 4.79. The lowest BCUT2D eigenvalue weighted by Crippen LogP contribution is -2.25. The third-order valence-corrected chi connectivity index (χ3v) is 3.45. The van der Waals surface area contributed by atoms with Crippen molar-refractivity contribution in [3.63, 3.8) is 0 Å². The van der Waals surface area contributed by atoms with Gasteiger partial charge in [-0.25, -0.2) is 0 Å². The summed E-state index contributed by atoms with van der Waals surface area (Å²) in [6.45, 7) is 7.22. The maximum Gasteiger partial charge on any atom is 0.159 e. The Balaban J connectivity index is 2.25. The van der Waals surface area contributed by atoms with Gasteiger partial charge >= 0.3 is 0 Å². The van der Waals surface area contributed by atoms with E-state index in [1.54, 1.807) is 6.92 Å². The van der Waals surface area contributed by atoms with Crippen LogP contribution in [0.4, 0.5) is 0 Å². The molecule has 1 aromatic carbocycles. The molecule has 0 spiro atoms. The topological polar surface area (TPSA) is 20.3 Å². The van der Waals surface area contributed by atoms with Crippen LogP contribution in [-0.2, 0) is 12.8 Å². The van der Waals surface area contributed by atoms with E-state index in [0.717, 1.165) is 38.0 Å². The molecule has 16 heavy (non-hydrogen) atoms. The molecule has 1 heterocycles. The Morgan fingerprint density at radius 2 is 1.94 bits per heavy atom. The van der Waals surface area contributed by atoms with E-state index in [-0.39, 0.29) is 5.78 Å². The van der Waals surface area contributed by atoms with Gasteiger partial charge in [-0.15, -0.1) is 0 Å². The number of benzene rings is 1. The van der Waals surface area contributed by atoms with Gasteiger partial charge in [0.15, 0.2) is 5.78 Å². The Hall–Kier alpha value is -1.15. The van der Waals surface area contributed by atoms with Gasteiger partial charge in [0.2, 0.25) is 0 Å². The number of hydrogen-bond donors (Lipinski definition) is 0. The Morgan fingerprint density at radius 1 is 1.25 bits per heavy atom. The highest BCUT2D eigenvalue weighted by Gasteiger charge is 2.13. The molecule has 1 aromatic rings. The molecule has 0 bridgehead atoms. The van der Waals surface area contributed by atoms with Gasteiger partial charge in [-0.3, -0.25) is 4.79 Å². The number of fused-ring (bicyclic) bond motifs is 1. The van der Waals surface area contributed by atoms with E-state index in [4.69, 9.17) is 0 Å². The molecule has 0 aliphatic carbocycles. The predicted molar refractivity (Wildman–Crippen MR) is 66.0 cm³/mol. The predicted octanol–water partition coefficient (Wildman–Crippen LogP) is 2.31. The fourth-order valence-corrected chi connectivity index (χ4v) is 2.31. The first-order valence-corrected chi connectivity index (χ1v) is 6.06. The van der Waals surface area contributed by atoms with Crippen molar-refractivity contribution in [2.45, 2.75) is 26.7 Å². The lowest BCUT2D eigenvalue weighted by Gasteiger charge is -2.16. The smallest absolute Gasteiger partial charge is 0.159 e. The summed E-state index contributed by atoms with van der Waals surface area (Å²) >= 11 is 0. The molecule has 1 aliphatic heterocycles. The minimum atomic E-state index is 0.166. The van der Waals surface area contributed by atoms with Gasteiger partial charge < -0.3 is 4.90 Å².